The van der Waals surface area contributed by atoms with Crippen LogP contribution in [0, 0.1) is 35.0 Å². The van der Waals surface area contributed by atoms with Crippen LogP contribution in [0.5, 0.6) is 0 Å². The molecule has 0 amide bonds. The summed E-state index contributed by atoms with van der Waals surface area (Å²) in [5, 5.41) is 21.1. The maximum atomic E-state index is 10.8. The Morgan fingerprint density at radius 2 is 1.79 bits per heavy atom. The molecule has 3 saturated carbocycles. The molecular weight excluding hydrogens is 356 g/mol. The zero-order valence-electron chi connectivity index (χ0n) is 18.9. The Morgan fingerprint density at radius 3 is 2.52 bits per heavy atom. The van der Waals surface area contributed by atoms with Gasteiger partial charge < -0.3 is 10.2 Å². The Kier molecular flexibility index (Phi) is 4.87. The van der Waals surface area contributed by atoms with Gasteiger partial charge in [-0.2, -0.15) is 0 Å². The van der Waals surface area contributed by atoms with Crippen molar-refractivity contribution in [3.05, 3.63) is 23.3 Å². The highest BCUT2D eigenvalue weighted by molar-refractivity contribution is 5.29. The molecule has 0 aliphatic heterocycles. The number of fused-ring (bicyclic) bond motifs is 5. The minimum absolute atomic E-state index is 0.308. The van der Waals surface area contributed by atoms with Gasteiger partial charge in [-0.15, -0.1) is 0 Å². The summed E-state index contributed by atoms with van der Waals surface area (Å²) in [6.45, 7) is 7.14. The summed E-state index contributed by atoms with van der Waals surface area (Å²) in [5.74, 6) is 3.87. The summed E-state index contributed by atoms with van der Waals surface area (Å²) in [7, 11) is 0. The molecule has 162 valence electrons. The first kappa shape index (κ1) is 20.3. The fourth-order valence-electron chi connectivity index (χ4n) is 8.07. The third-order valence-corrected chi connectivity index (χ3v) is 10.3. The Morgan fingerprint density at radius 1 is 1.00 bits per heavy atom. The summed E-state index contributed by atoms with van der Waals surface area (Å²) in [5.41, 5.74) is 2.97. The minimum Gasteiger partial charge on any atom is -0.390 e. The molecule has 2 heteroatoms. The molecule has 0 aromatic carbocycles. The van der Waals surface area contributed by atoms with Gasteiger partial charge in [0, 0.05) is 0 Å². The molecule has 0 aromatic rings. The van der Waals surface area contributed by atoms with Crippen molar-refractivity contribution in [1.29, 1.82) is 0 Å². The van der Waals surface area contributed by atoms with Gasteiger partial charge in [0.25, 0.3) is 0 Å². The molecule has 2 N–H and O–H groups in total. The molecule has 0 bridgehead atoms. The van der Waals surface area contributed by atoms with Crippen LogP contribution in [0.15, 0.2) is 23.3 Å². The maximum absolute atomic E-state index is 10.8. The molecule has 2 nitrogen and oxygen atoms in total. The van der Waals surface area contributed by atoms with E-state index in [1.165, 1.54) is 32.1 Å². The van der Waals surface area contributed by atoms with E-state index < -0.39 is 5.60 Å². The van der Waals surface area contributed by atoms with E-state index in [4.69, 9.17) is 0 Å². The largest absolute Gasteiger partial charge is 0.390 e. The average Bonchev–Trinajstić information content (AvgIpc) is 3.34. The third kappa shape index (κ3) is 3.37. The quantitative estimate of drug-likeness (QED) is 0.543. The SMILES string of the molecule is CC[C@]1(O)CC[C@H]2C(=CC[C@@H]3[C@@H]2CC[C@]2(C)C([C@H](C)CCC4(O)CC4)=CC[C@@H]32)C1. The van der Waals surface area contributed by atoms with E-state index in [-0.39, 0.29) is 5.60 Å². The molecule has 29 heavy (non-hydrogen) atoms. The van der Waals surface area contributed by atoms with Crippen LogP contribution in [-0.2, 0) is 0 Å². The molecule has 3 fully saturated rings. The van der Waals surface area contributed by atoms with E-state index in [2.05, 4.69) is 32.9 Å². The van der Waals surface area contributed by atoms with Gasteiger partial charge in [-0.05, 0) is 112 Å². The summed E-state index contributed by atoms with van der Waals surface area (Å²) < 4.78 is 0. The van der Waals surface area contributed by atoms with Crippen molar-refractivity contribution < 1.29 is 10.2 Å². The monoisotopic (exact) mass is 398 g/mol. The highest BCUT2D eigenvalue weighted by Gasteiger charge is 2.54. The van der Waals surface area contributed by atoms with Crippen LogP contribution in [0.1, 0.15) is 97.8 Å². The van der Waals surface area contributed by atoms with Gasteiger partial charge in [-0.25, -0.2) is 0 Å². The number of aliphatic hydroxyl groups is 2. The van der Waals surface area contributed by atoms with Crippen molar-refractivity contribution in [2.75, 3.05) is 0 Å². The van der Waals surface area contributed by atoms with E-state index in [1.54, 1.807) is 11.1 Å². The third-order valence-electron chi connectivity index (χ3n) is 10.3. The highest BCUT2D eigenvalue weighted by atomic mass is 16.3. The van der Waals surface area contributed by atoms with Gasteiger partial charge in [0.15, 0.2) is 0 Å². The first-order chi connectivity index (χ1) is 13.8. The lowest BCUT2D eigenvalue weighted by Gasteiger charge is -2.54. The molecule has 0 spiro atoms. The Labute approximate surface area is 177 Å². The van der Waals surface area contributed by atoms with Crippen molar-refractivity contribution in [3.8, 4) is 0 Å². The van der Waals surface area contributed by atoms with Crippen molar-refractivity contribution in [2.45, 2.75) is 109 Å². The van der Waals surface area contributed by atoms with E-state index in [0.717, 1.165) is 68.6 Å². The van der Waals surface area contributed by atoms with E-state index in [9.17, 15) is 10.2 Å². The minimum atomic E-state index is -0.429. The number of hydrogen-bond donors (Lipinski definition) is 2. The van der Waals surface area contributed by atoms with Gasteiger partial charge in [-0.3, -0.25) is 0 Å². The zero-order valence-corrected chi connectivity index (χ0v) is 18.9. The Bertz CT molecular complexity index is 716. The van der Waals surface area contributed by atoms with Crippen LogP contribution in [0.3, 0.4) is 0 Å². The summed E-state index contributed by atoms with van der Waals surface area (Å²) >= 11 is 0. The lowest BCUT2D eigenvalue weighted by atomic mass is 9.50. The van der Waals surface area contributed by atoms with E-state index in [1.807, 2.05) is 0 Å². The average molecular weight is 399 g/mol. The van der Waals surface area contributed by atoms with Crippen LogP contribution < -0.4 is 0 Å². The fourth-order valence-corrected chi connectivity index (χ4v) is 8.07. The molecule has 0 saturated heterocycles. The van der Waals surface area contributed by atoms with Crippen molar-refractivity contribution in [2.24, 2.45) is 35.0 Å². The summed E-state index contributed by atoms with van der Waals surface area (Å²) in [6, 6.07) is 0. The van der Waals surface area contributed by atoms with Crippen molar-refractivity contribution >= 4 is 0 Å². The highest BCUT2D eigenvalue weighted by Crippen LogP contribution is 2.63. The van der Waals surface area contributed by atoms with Gasteiger partial charge in [0.1, 0.15) is 0 Å². The second-order valence-electron chi connectivity index (χ2n) is 11.9. The molecule has 0 unspecified atom stereocenters. The first-order valence-corrected chi connectivity index (χ1v) is 12.6. The number of hydrogen-bond acceptors (Lipinski definition) is 2. The Balaban J connectivity index is 1.30. The van der Waals surface area contributed by atoms with Crippen molar-refractivity contribution in [3.63, 3.8) is 0 Å². The fraction of sp³-hybridized carbons (Fsp3) is 0.852. The van der Waals surface area contributed by atoms with Crippen LogP contribution >= 0.6 is 0 Å². The molecule has 5 aliphatic carbocycles. The molecular formula is C27H42O2. The Hall–Kier alpha value is -0.600. The molecule has 5 aliphatic rings. The van der Waals surface area contributed by atoms with Crippen LogP contribution in [0.4, 0.5) is 0 Å². The standard InChI is InChI=1S/C27H42O2/c1-4-26(28)14-11-20-19(17-26)5-6-22-21(20)10-12-25(3)23(7-8-24(22)25)18(2)9-13-27(29)15-16-27/h5,7,18,20-22,24,28-29H,4,6,8-17H2,1-3H3/t18-,20+,21-,22-,24+,25-,26+/m1/s1. The van der Waals surface area contributed by atoms with Crippen LogP contribution in [-0.4, -0.2) is 21.4 Å². The molecule has 5 rings (SSSR count). The summed E-state index contributed by atoms with van der Waals surface area (Å²) in [6.07, 6.45) is 18.6. The van der Waals surface area contributed by atoms with E-state index >= 15 is 0 Å². The number of rotatable bonds is 5. The maximum Gasteiger partial charge on any atom is 0.0682 e. The predicted octanol–water partition coefficient (Wildman–Crippen LogP) is 6.18. The van der Waals surface area contributed by atoms with Gasteiger partial charge in [0.2, 0.25) is 0 Å². The van der Waals surface area contributed by atoms with Gasteiger partial charge >= 0.3 is 0 Å². The van der Waals surface area contributed by atoms with E-state index in [0.29, 0.717) is 11.3 Å². The lowest BCUT2D eigenvalue weighted by Crippen LogP contribution is -2.47. The van der Waals surface area contributed by atoms with Crippen LogP contribution in [0.25, 0.3) is 0 Å². The smallest absolute Gasteiger partial charge is 0.0682 e. The van der Waals surface area contributed by atoms with Gasteiger partial charge in [0.05, 0.1) is 11.2 Å². The second kappa shape index (κ2) is 6.95. The number of allylic oxidation sites excluding steroid dienone is 3. The molecule has 0 radical (unpaired) electrons. The topological polar surface area (TPSA) is 40.5 Å². The zero-order chi connectivity index (χ0) is 20.4. The molecule has 7 atom stereocenters. The lowest BCUT2D eigenvalue weighted by molar-refractivity contribution is -0.0281. The van der Waals surface area contributed by atoms with Crippen molar-refractivity contribution in [1.82, 2.24) is 0 Å². The van der Waals surface area contributed by atoms with Crippen LogP contribution in [0.2, 0.25) is 0 Å². The predicted molar refractivity (Wildman–Crippen MR) is 118 cm³/mol. The molecule has 0 heterocycles. The normalized spacial score (nSPS) is 46.1. The molecule has 0 aromatic heterocycles. The summed E-state index contributed by atoms with van der Waals surface area (Å²) in [4.78, 5) is 0. The van der Waals surface area contributed by atoms with Gasteiger partial charge in [-0.1, -0.05) is 44.1 Å². The first-order valence-electron chi connectivity index (χ1n) is 12.6. The second-order valence-corrected chi connectivity index (χ2v) is 11.9.